The van der Waals surface area contributed by atoms with Crippen LogP contribution in [0.25, 0.3) is 17.0 Å². The summed E-state index contributed by atoms with van der Waals surface area (Å²) in [5, 5.41) is 1.88. The Bertz CT molecular complexity index is 512. The lowest BCUT2D eigenvalue weighted by Crippen LogP contribution is -1.92. The Morgan fingerprint density at radius 1 is 1.47 bits per heavy atom. The second-order valence-electron chi connectivity index (χ2n) is 3.50. The first-order valence-corrected chi connectivity index (χ1v) is 5.21. The monoisotopic (exact) mass is 220 g/mol. The van der Waals surface area contributed by atoms with Crippen LogP contribution < -0.4 is 5.73 Å². The van der Waals surface area contributed by atoms with Crippen molar-refractivity contribution >= 4 is 28.6 Å². The summed E-state index contributed by atoms with van der Waals surface area (Å²) in [6.07, 6.45) is 5.87. The van der Waals surface area contributed by atoms with Crippen LogP contribution in [0.4, 0.5) is 0 Å². The van der Waals surface area contributed by atoms with Crippen LogP contribution in [-0.4, -0.2) is 11.1 Å². The molecular weight excluding hydrogens is 208 g/mol. The highest BCUT2D eigenvalue weighted by Gasteiger charge is 2.03. The van der Waals surface area contributed by atoms with Crippen molar-refractivity contribution in [2.24, 2.45) is 12.8 Å². The average molecular weight is 221 g/mol. The molecular formula is C12H13ClN2. The molecule has 2 N–H and O–H groups in total. The van der Waals surface area contributed by atoms with E-state index < -0.39 is 0 Å². The quantitative estimate of drug-likeness (QED) is 0.829. The molecule has 0 amide bonds. The molecule has 1 aromatic heterocycles. The van der Waals surface area contributed by atoms with Crippen molar-refractivity contribution < 1.29 is 0 Å². The Kier molecular flexibility index (Phi) is 2.80. The Balaban J connectivity index is 2.55. The smallest absolute Gasteiger partial charge is 0.0661 e. The van der Waals surface area contributed by atoms with Gasteiger partial charge in [0.2, 0.25) is 0 Å². The predicted octanol–water partition coefficient (Wildman–Crippen LogP) is 2.80. The van der Waals surface area contributed by atoms with Gasteiger partial charge >= 0.3 is 0 Å². The Morgan fingerprint density at radius 3 is 3.00 bits per heavy atom. The van der Waals surface area contributed by atoms with E-state index in [1.165, 1.54) is 0 Å². The van der Waals surface area contributed by atoms with E-state index in [-0.39, 0.29) is 0 Å². The van der Waals surface area contributed by atoms with Crippen molar-refractivity contribution in [2.45, 2.75) is 0 Å². The first-order chi connectivity index (χ1) is 7.22. The molecule has 0 atom stereocenters. The van der Waals surface area contributed by atoms with Gasteiger partial charge < -0.3 is 10.3 Å². The largest absolute Gasteiger partial charge is 0.349 e. The number of rotatable bonds is 2. The van der Waals surface area contributed by atoms with Crippen LogP contribution in [0.5, 0.6) is 0 Å². The number of aryl methyl sites for hydroxylation is 1. The first-order valence-electron chi connectivity index (χ1n) is 4.83. The molecule has 1 aromatic carbocycles. The zero-order chi connectivity index (χ0) is 10.8. The molecule has 0 saturated heterocycles. The number of hydrogen-bond donors (Lipinski definition) is 1. The number of nitrogens with two attached hydrogens (primary N) is 1. The van der Waals surface area contributed by atoms with E-state index in [4.69, 9.17) is 17.3 Å². The van der Waals surface area contributed by atoms with Gasteiger partial charge in [-0.05, 0) is 11.6 Å². The summed E-state index contributed by atoms with van der Waals surface area (Å²) in [5.74, 6) is 0. The summed E-state index contributed by atoms with van der Waals surface area (Å²) in [6.45, 7) is 0.561. The number of hydrogen-bond acceptors (Lipinski definition) is 1. The minimum absolute atomic E-state index is 0.561. The van der Waals surface area contributed by atoms with E-state index in [0.717, 1.165) is 21.5 Å². The van der Waals surface area contributed by atoms with Crippen molar-refractivity contribution in [3.05, 3.63) is 41.1 Å². The number of halogens is 1. The van der Waals surface area contributed by atoms with E-state index in [1.807, 2.05) is 42.1 Å². The molecule has 2 aromatic rings. The highest BCUT2D eigenvalue weighted by Crippen LogP contribution is 2.26. The third-order valence-electron chi connectivity index (χ3n) is 2.41. The van der Waals surface area contributed by atoms with E-state index >= 15 is 0 Å². The van der Waals surface area contributed by atoms with Gasteiger partial charge in [-0.3, -0.25) is 0 Å². The lowest BCUT2D eigenvalue weighted by atomic mass is 10.1. The van der Waals surface area contributed by atoms with Gasteiger partial charge in [-0.15, -0.1) is 0 Å². The van der Waals surface area contributed by atoms with E-state index in [9.17, 15) is 0 Å². The van der Waals surface area contributed by atoms with Crippen LogP contribution in [0.3, 0.4) is 0 Å². The van der Waals surface area contributed by atoms with E-state index in [2.05, 4.69) is 6.07 Å². The molecule has 3 heteroatoms. The summed E-state index contributed by atoms with van der Waals surface area (Å²) in [7, 11) is 1.99. The molecule has 0 aliphatic rings. The minimum atomic E-state index is 0.561. The molecule has 0 unspecified atom stereocenters. The van der Waals surface area contributed by atoms with Crippen molar-refractivity contribution in [1.82, 2.24) is 4.57 Å². The van der Waals surface area contributed by atoms with Gasteiger partial charge in [-0.1, -0.05) is 35.9 Å². The molecule has 0 spiro atoms. The topological polar surface area (TPSA) is 30.9 Å². The van der Waals surface area contributed by atoms with Gasteiger partial charge in [0.1, 0.15) is 0 Å². The lowest BCUT2D eigenvalue weighted by molar-refractivity contribution is 0.969. The fraction of sp³-hybridized carbons (Fsp3) is 0.167. The third-order valence-corrected chi connectivity index (χ3v) is 2.71. The molecule has 0 fully saturated rings. The summed E-state index contributed by atoms with van der Waals surface area (Å²) in [6, 6.07) is 6.18. The molecule has 2 nitrogen and oxygen atoms in total. The van der Waals surface area contributed by atoms with Crippen LogP contribution in [0.2, 0.25) is 5.02 Å². The van der Waals surface area contributed by atoms with Crippen LogP contribution in [0, 0.1) is 0 Å². The van der Waals surface area contributed by atoms with Crippen LogP contribution >= 0.6 is 11.6 Å². The fourth-order valence-electron chi connectivity index (χ4n) is 1.66. The number of nitrogens with zero attached hydrogens (tertiary/aromatic N) is 1. The minimum Gasteiger partial charge on any atom is -0.349 e. The number of benzene rings is 1. The predicted molar refractivity (Wildman–Crippen MR) is 66.0 cm³/mol. The van der Waals surface area contributed by atoms with Crippen LogP contribution in [0.1, 0.15) is 5.56 Å². The zero-order valence-electron chi connectivity index (χ0n) is 8.57. The third kappa shape index (κ3) is 1.91. The second kappa shape index (κ2) is 4.09. The Labute approximate surface area is 93.9 Å². The molecule has 1 heterocycles. The zero-order valence-corrected chi connectivity index (χ0v) is 9.33. The van der Waals surface area contributed by atoms with Gasteiger partial charge in [0.15, 0.2) is 0 Å². The maximum absolute atomic E-state index is 6.08. The molecule has 2 rings (SSSR count). The molecule has 0 aliphatic heterocycles. The lowest BCUT2D eigenvalue weighted by Gasteiger charge is -1.98. The highest BCUT2D eigenvalue weighted by molar-refractivity contribution is 6.35. The van der Waals surface area contributed by atoms with Gasteiger partial charge in [0.25, 0.3) is 0 Å². The van der Waals surface area contributed by atoms with Crippen molar-refractivity contribution in [3.8, 4) is 0 Å². The highest BCUT2D eigenvalue weighted by atomic mass is 35.5. The Hall–Kier alpha value is -1.25. The SMILES string of the molecule is Cn1cc(Cl)c2ccc(/C=C/CN)cc21. The number of aromatic nitrogens is 1. The molecule has 15 heavy (non-hydrogen) atoms. The summed E-state index contributed by atoms with van der Waals surface area (Å²) >= 11 is 6.08. The molecule has 78 valence electrons. The van der Waals surface area contributed by atoms with E-state index in [1.54, 1.807) is 0 Å². The summed E-state index contributed by atoms with van der Waals surface area (Å²) in [5.41, 5.74) is 7.69. The standard InChI is InChI=1S/C12H13ClN2/c1-15-8-11(13)10-5-4-9(3-2-6-14)7-12(10)15/h2-5,7-8H,6,14H2,1H3/b3-2+. The van der Waals surface area contributed by atoms with Crippen molar-refractivity contribution in [2.75, 3.05) is 6.54 Å². The molecule has 0 radical (unpaired) electrons. The second-order valence-corrected chi connectivity index (χ2v) is 3.91. The van der Waals surface area contributed by atoms with Crippen LogP contribution in [0.15, 0.2) is 30.5 Å². The molecule has 0 aliphatic carbocycles. The molecule has 0 bridgehead atoms. The van der Waals surface area contributed by atoms with Crippen molar-refractivity contribution in [3.63, 3.8) is 0 Å². The van der Waals surface area contributed by atoms with E-state index in [0.29, 0.717) is 6.54 Å². The molecule has 0 saturated carbocycles. The van der Waals surface area contributed by atoms with Gasteiger partial charge in [0, 0.05) is 30.7 Å². The maximum atomic E-state index is 6.08. The first kappa shape index (κ1) is 10.3. The van der Waals surface area contributed by atoms with Crippen molar-refractivity contribution in [1.29, 1.82) is 0 Å². The van der Waals surface area contributed by atoms with Gasteiger partial charge in [-0.25, -0.2) is 0 Å². The normalized spacial score (nSPS) is 11.7. The number of fused-ring (bicyclic) bond motifs is 1. The summed E-state index contributed by atoms with van der Waals surface area (Å²) < 4.78 is 2.03. The fourth-order valence-corrected chi connectivity index (χ4v) is 1.97. The van der Waals surface area contributed by atoms with Crippen LogP contribution in [-0.2, 0) is 7.05 Å². The average Bonchev–Trinajstić information content (AvgIpc) is 2.52. The Morgan fingerprint density at radius 2 is 2.27 bits per heavy atom. The van der Waals surface area contributed by atoms with Gasteiger partial charge in [0.05, 0.1) is 5.02 Å². The van der Waals surface area contributed by atoms with Gasteiger partial charge in [-0.2, -0.15) is 0 Å². The summed E-state index contributed by atoms with van der Waals surface area (Å²) in [4.78, 5) is 0. The maximum Gasteiger partial charge on any atom is 0.0661 e.